The lowest BCUT2D eigenvalue weighted by atomic mass is 9.91. The zero-order valence-corrected chi connectivity index (χ0v) is 16.2. The number of pyridine rings is 2. The van der Waals surface area contributed by atoms with Gasteiger partial charge in [0.25, 0.3) is 0 Å². The van der Waals surface area contributed by atoms with Crippen LogP contribution in [0.15, 0.2) is 24.5 Å². The minimum atomic E-state index is 0.383. The molecule has 0 aromatic carbocycles. The molecule has 1 atom stereocenters. The lowest BCUT2D eigenvalue weighted by molar-refractivity contribution is 0.456. The van der Waals surface area contributed by atoms with Crippen molar-refractivity contribution in [2.75, 3.05) is 6.54 Å². The highest BCUT2D eigenvalue weighted by Crippen LogP contribution is 2.23. The van der Waals surface area contributed by atoms with Crippen LogP contribution in [0.2, 0.25) is 0 Å². The van der Waals surface area contributed by atoms with Crippen molar-refractivity contribution in [1.29, 1.82) is 0 Å². The molecule has 4 nitrogen and oxygen atoms in total. The summed E-state index contributed by atoms with van der Waals surface area (Å²) in [6.45, 7) is 5.82. The van der Waals surface area contributed by atoms with Crippen molar-refractivity contribution >= 4 is 0 Å². The summed E-state index contributed by atoms with van der Waals surface area (Å²) in [7, 11) is 0. The van der Waals surface area contributed by atoms with E-state index in [1.165, 1.54) is 59.3 Å². The molecule has 1 aliphatic carbocycles. The van der Waals surface area contributed by atoms with Gasteiger partial charge < -0.3 is 11.1 Å². The van der Waals surface area contributed by atoms with Crippen LogP contribution in [-0.4, -0.2) is 22.6 Å². The molecule has 0 fully saturated rings. The fourth-order valence-electron chi connectivity index (χ4n) is 3.96. The average molecular weight is 353 g/mol. The maximum Gasteiger partial charge on any atom is 0.0576 e. The molecule has 2 heterocycles. The molecule has 1 unspecified atom stereocenters. The van der Waals surface area contributed by atoms with Gasteiger partial charge in [0, 0.05) is 37.1 Å². The van der Waals surface area contributed by atoms with Crippen LogP contribution in [-0.2, 0) is 25.8 Å². The van der Waals surface area contributed by atoms with Gasteiger partial charge in [-0.05, 0) is 87.2 Å². The van der Waals surface area contributed by atoms with Crippen LogP contribution in [0.3, 0.4) is 0 Å². The van der Waals surface area contributed by atoms with Gasteiger partial charge in [-0.25, -0.2) is 0 Å². The summed E-state index contributed by atoms with van der Waals surface area (Å²) in [6, 6.07) is 4.80. The van der Waals surface area contributed by atoms with Crippen molar-refractivity contribution in [3.05, 3.63) is 58.2 Å². The van der Waals surface area contributed by atoms with E-state index in [2.05, 4.69) is 41.3 Å². The average Bonchev–Trinajstić information content (AvgIpc) is 2.65. The van der Waals surface area contributed by atoms with Gasteiger partial charge in [0.1, 0.15) is 0 Å². The van der Waals surface area contributed by atoms with Gasteiger partial charge in [0.05, 0.1) is 5.69 Å². The van der Waals surface area contributed by atoms with Crippen LogP contribution in [0.1, 0.15) is 59.3 Å². The summed E-state index contributed by atoms with van der Waals surface area (Å²) >= 11 is 0. The third kappa shape index (κ3) is 4.89. The van der Waals surface area contributed by atoms with Gasteiger partial charge in [0.15, 0.2) is 0 Å². The van der Waals surface area contributed by atoms with Crippen LogP contribution < -0.4 is 11.1 Å². The summed E-state index contributed by atoms with van der Waals surface area (Å²) in [5.41, 5.74) is 13.7. The molecule has 0 saturated carbocycles. The number of aryl methyl sites for hydroxylation is 3. The molecule has 0 saturated heterocycles. The highest BCUT2D eigenvalue weighted by Gasteiger charge is 2.16. The number of hydrogen-bond acceptors (Lipinski definition) is 4. The van der Waals surface area contributed by atoms with Crippen molar-refractivity contribution in [2.24, 2.45) is 5.73 Å². The molecule has 2 aromatic heterocycles. The van der Waals surface area contributed by atoms with Gasteiger partial charge in [-0.1, -0.05) is 6.07 Å². The Kier molecular flexibility index (Phi) is 6.75. The molecule has 0 bridgehead atoms. The molecule has 1 aliphatic rings. The fraction of sp³-hybridized carbons (Fsp3) is 0.545. The Morgan fingerprint density at radius 3 is 2.81 bits per heavy atom. The summed E-state index contributed by atoms with van der Waals surface area (Å²) in [5, 5.41) is 3.75. The smallest absolute Gasteiger partial charge is 0.0576 e. The first-order valence-electron chi connectivity index (χ1n) is 9.98. The lowest BCUT2D eigenvalue weighted by Gasteiger charge is -2.22. The number of fused-ring (bicyclic) bond motifs is 1. The van der Waals surface area contributed by atoms with Crippen molar-refractivity contribution < 1.29 is 0 Å². The Balaban J connectivity index is 1.69. The van der Waals surface area contributed by atoms with E-state index in [1.54, 1.807) is 0 Å². The van der Waals surface area contributed by atoms with Crippen molar-refractivity contribution in [1.82, 2.24) is 15.3 Å². The molecule has 0 aliphatic heterocycles. The van der Waals surface area contributed by atoms with Crippen LogP contribution in [0.4, 0.5) is 0 Å². The molecule has 3 N–H and O–H groups in total. The van der Waals surface area contributed by atoms with E-state index in [9.17, 15) is 0 Å². The zero-order chi connectivity index (χ0) is 18.4. The normalized spacial score (nSPS) is 14.9. The number of nitrogens with zero attached hydrogens (tertiary/aromatic N) is 2. The van der Waals surface area contributed by atoms with Gasteiger partial charge >= 0.3 is 0 Å². The van der Waals surface area contributed by atoms with Crippen LogP contribution >= 0.6 is 0 Å². The van der Waals surface area contributed by atoms with E-state index in [4.69, 9.17) is 5.73 Å². The molecule has 4 heteroatoms. The monoisotopic (exact) mass is 352 g/mol. The predicted octanol–water partition coefficient (Wildman–Crippen LogP) is 3.41. The molecule has 26 heavy (non-hydrogen) atoms. The Hall–Kier alpha value is -1.78. The molecule has 2 aromatic rings. The Bertz CT molecular complexity index is 726. The highest BCUT2D eigenvalue weighted by atomic mass is 14.9. The first-order valence-corrected chi connectivity index (χ1v) is 9.98. The molecule has 3 rings (SSSR count). The number of hydrogen-bond donors (Lipinski definition) is 2. The molecule has 0 spiro atoms. The number of nitrogens with two attached hydrogens (primary N) is 1. The van der Waals surface area contributed by atoms with E-state index < -0.39 is 0 Å². The topological polar surface area (TPSA) is 63.8 Å². The van der Waals surface area contributed by atoms with Crippen LogP contribution in [0, 0.1) is 13.8 Å². The minimum Gasteiger partial charge on any atom is -0.330 e. The Morgan fingerprint density at radius 2 is 2.00 bits per heavy atom. The second-order valence-corrected chi connectivity index (χ2v) is 7.59. The summed E-state index contributed by atoms with van der Waals surface area (Å²) in [4.78, 5) is 9.34. The van der Waals surface area contributed by atoms with Gasteiger partial charge in [-0.15, -0.1) is 0 Å². The molecule has 0 amide bonds. The van der Waals surface area contributed by atoms with E-state index in [1.807, 2.05) is 12.4 Å². The standard InChI is InChI=1S/C22H32N4/c1-16-12-17(2)21(26-14-16)13-19(7-5-10-23)25-15-22-20-8-4-3-6-18(20)9-11-24-22/h9,11-12,14,19,25H,3-8,10,13,15,23H2,1-2H3. The Labute approximate surface area is 157 Å². The maximum absolute atomic E-state index is 5.76. The second-order valence-electron chi connectivity index (χ2n) is 7.59. The first kappa shape index (κ1) is 19.0. The number of rotatable bonds is 8. The summed E-state index contributed by atoms with van der Waals surface area (Å²) < 4.78 is 0. The molecular weight excluding hydrogens is 320 g/mol. The quantitative estimate of drug-likeness (QED) is 0.764. The molecule has 0 radical (unpaired) electrons. The number of nitrogens with one attached hydrogen (secondary N) is 1. The summed E-state index contributed by atoms with van der Waals surface area (Å²) in [5.74, 6) is 0. The summed E-state index contributed by atoms with van der Waals surface area (Å²) in [6.07, 6.45) is 12.0. The van der Waals surface area contributed by atoms with Crippen molar-refractivity contribution in [3.8, 4) is 0 Å². The third-order valence-electron chi connectivity index (χ3n) is 5.44. The first-order chi connectivity index (χ1) is 12.7. The predicted molar refractivity (Wildman–Crippen MR) is 107 cm³/mol. The van der Waals surface area contributed by atoms with E-state index in [0.29, 0.717) is 6.04 Å². The third-order valence-corrected chi connectivity index (χ3v) is 5.44. The highest BCUT2D eigenvalue weighted by molar-refractivity contribution is 5.32. The van der Waals surface area contributed by atoms with Gasteiger partial charge in [-0.2, -0.15) is 0 Å². The largest absolute Gasteiger partial charge is 0.330 e. The fourth-order valence-corrected chi connectivity index (χ4v) is 3.96. The van der Waals surface area contributed by atoms with Gasteiger partial charge in [0.2, 0.25) is 0 Å². The van der Waals surface area contributed by atoms with E-state index in [0.717, 1.165) is 32.4 Å². The van der Waals surface area contributed by atoms with E-state index in [-0.39, 0.29) is 0 Å². The Morgan fingerprint density at radius 1 is 1.15 bits per heavy atom. The second kappa shape index (κ2) is 9.24. The minimum absolute atomic E-state index is 0.383. The van der Waals surface area contributed by atoms with Crippen LogP contribution in [0.5, 0.6) is 0 Å². The SMILES string of the molecule is Cc1cnc(CC(CCCN)NCc2nccc3c2CCCC3)c(C)c1. The molecular formula is C22H32N4. The lowest BCUT2D eigenvalue weighted by Crippen LogP contribution is -2.33. The maximum atomic E-state index is 5.76. The van der Waals surface area contributed by atoms with Crippen molar-refractivity contribution in [2.45, 2.75) is 71.4 Å². The van der Waals surface area contributed by atoms with Crippen molar-refractivity contribution in [3.63, 3.8) is 0 Å². The van der Waals surface area contributed by atoms with Crippen LogP contribution in [0.25, 0.3) is 0 Å². The number of aromatic nitrogens is 2. The zero-order valence-electron chi connectivity index (χ0n) is 16.2. The molecule has 140 valence electrons. The van der Waals surface area contributed by atoms with E-state index >= 15 is 0 Å². The van der Waals surface area contributed by atoms with Gasteiger partial charge in [-0.3, -0.25) is 9.97 Å².